The molecule has 0 radical (unpaired) electrons. The number of amidine groups is 1. The molecule has 1 atom stereocenters. The molecule has 1 fully saturated rings. The topological polar surface area (TPSA) is 24.4 Å². The molecule has 0 aromatic carbocycles. The lowest BCUT2D eigenvalue weighted by Gasteiger charge is -2.02. The van der Waals surface area contributed by atoms with Crippen LogP contribution in [0.4, 0.5) is 0 Å². The minimum Gasteiger partial charge on any atom is -0.364 e. The van der Waals surface area contributed by atoms with E-state index in [-0.39, 0.29) is 0 Å². The monoisotopic (exact) mass is 158 g/mol. The van der Waals surface area contributed by atoms with E-state index in [4.69, 9.17) is 0 Å². The van der Waals surface area contributed by atoms with Crippen molar-refractivity contribution < 1.29 is 0 Å². The Morgan fingerprint density at radius 1 is 1.80 bits per heavy atom. The van der Waals surface area contributed by atoms with E-state index < -0.39 is 0 Å². The first-order valence-electron chi connectivity index (χ1n) is 3.77. The Bertz CT molecular complexity index is 126. The molecule has 1 aliphatic heterocycles. The van der Waals surface area contributed by atoms with Gasteiger partial charge in [-0.2, -0.15) is 0 Å². The van der Waals surface area contributed by atoms with E-state index in [1.54, 1.807) is 0 Å². The Balaban J connectivity index is 2.37. The van der Waals surface area contributed by atoms with Gasteiger partial charge in [-0.05, 0) is 13.3 Å². The molecule has 2 nitrogen and oxygen atoms in total. The molecule has 0 bridgehead atoms. The molecule has 3 heteroatoms. The Morgan fingerprint density at radius 2 is 2.60 bits per heavy atom. The van der Waals surface area contributed by atoms with Gasteiger partial charge in [-0.15, -0.1) is 0 Å². The number of rotatable bonds is 2. The van der Waals surface area contributed by atoms with E-state index in [2.05, 4.69) is 24.2 Å². The van der Waals surface area contributed by atoms with E-state index in [0.717, 1.165) is 18.1 Å². The van der Waals surface area contributed by atoms with Crippen molar-refractivity contribution in [2.75, 3.05) is 12.3 Å². The Hall–Kier alpha value is -0.180. The minimum atomic E-state index is 0.480. The molecule has 0 aromatic heterocycles. The maximum atomic E-state index is 4.46. The van der Waals surface area contributed by atoms with E-state index in [1.807, 2.05) is 11.8 Å². The Labute approximate surface area is 66.5 Å². The van der Waals surface area contributed by atoms with Crippen LogP contribution in [-0.4, -0.2) is 23.5 Å². The van der Waals surface area contributed by atoms with E-state index in [0.29, 0.717) is 6.04 Å². The lowest BCUT2D eigenvalue weighted by Crippen LogP contribution is -2.15. The molecule has 1 N–H and O–H groups in total. The molecule has 10 heavy (non-hydrogen) atoms. The second-order valence-electron chi connectivity index (χ2n) is 2.47. The molecule has 0 aromatic rings. The summed E-state index contributed by atoms with van der Waals surface area (Å²) in [5, 5.41) is 4.37. The summed E-state index contributed by atoms with van der Waals surface area (Å²) in [6.07, 6.45) is 1.13. The third-order valence-electron chi connectivity index (χ3n) is 1.55. The van der Waals surface area contributed by atoms with Crippen LogP contribution in [0.15, 0.2) is 4.99 Å². The van der Waals surface area contributed by atoms with Crippen molar-refractivity contribution in [2.45, 2.75) is 26.3 Å². The Morgan fingerprint density at radius 3 is 3.10 bits per heavy atom. The summed E-state index contributed by atoms with van der Waals surface area (Å²) < 4.78 is 0. The van der Waals surface area contributed by atoms with Gasteiger partial charge in [0.05, 0.1) is 0 Å². The van der Waals surface area contributed by atoms with Crippen LogP contribution >= 0.6 is 11.8 Å². The third-order valence-corrected chi connectivity index (χ3v) is 2.48. The van der Waals surface area contributed by atoms with Crippen LogP contribution in [0, 0.1) is 0 Å². The molecular formula is C7H14N2S. The maximum Gasteiger partial charge on any atom is 0.156 e. The number of thioether (sulfide) groups is 1. The van der Waals surface area contributed by atoms with Gasteiger partial charge < -0.3 is 5.32 Å². The molecule has 1 rings (SSSR count). The van der Waals surface area contributed by atoms with Gasteiger partial charge in [0, 0.05) is 18.3 Å². The van der Waals surface area contributed by atoms with Crippen LogP contribution < -0.4 is 5.32 Å². The van der Waals surface area contributed by atoms with Gasteiger partial charge in [0.1, 0.15) is 0 Å². The average molecular weight is 158 g/mol. The van der Waals surface area contributed by atoms with Crippen molar-refractivity contribution in [2.24, 2.45) is 4.99 Å². The van der Waals surface area contributed by atoms with Crippen LogP contribution in [0.2, 0.25) is 0 Å². The van der Waals surface area contributed by atoms with Gasteiger partial charge in [0.2, 0.25) is 0 Å². The number of hydrogen-bond donors (Lipinski definition) is 1. The maximum absolute atomic E-state index is 4.46. The van der Waals surface area contributed by atoms with Gasteiger partial charge in [-0.1, -0.05) is 18.7 Å². The van der Waals surface area contributed by atoms with Gasteiger partial charge in [0.25, 0.3) is 0 Å². The first-order chi connectivity index (χ1) is 4.83. The quantitative estimate of drug-likeness (QED) is 0.658. The fourth-order valence-corrected chi connectivity index (χ4v) is 1.59. The summed E-state index contributed by atoms with van der Waals surface area (Å²) in [5.74, 6) is 1.18. The largest absolute Gasteiger partial charge is 0.364 e. The van der Waals surface area contributed by atoms with Crippen molar-refractivity contribution in [3.8, 4) is 0 Å². The van der Waals surface area contributed by atoms with Crippen LogP contribution in [0.1, 0.15) is 20.3 Å². The highest BCUT2D eigenvalue weighted by Gasteiger charge is 2.07. The zero-order chi connectivity index (χ0) is 7.40. The SMILES string of the molecule is CC[C@H](C)/N=C1\NCCS1. The van der Waals surface area contributed by atoms with Crippen molar-refractivity contribution >= 4 is 16.9 Å². The number of aliphatic imine (C=N–C) groups is 1. The molecule has 1 saturated heterocycles. The molecule has 0 unspecified atom stereocenters. The van der Waals surface area contributed by atoms with E-state index in [1.165, 1.54) is 5.75 Å². The minimum absolute atomic E-state index is 0.480. The zero-order valence-corrected chi connectivity index (χ0v) is 7.37. The smallest absolute Gasteiger partial charge is 0.156 e. The highest BCUT2D eigenvalue weighted by atomic mass is 32.2. The summed E-state index contributed by atoms with van der Waals surface area (Å²) in [4.78, 5) is 4.46. The highest BCUT2D eigenvalue weighted by molar-refractivity contribution is 8.14. The predicted molar refractivity (Wildman–Crippen MR) is 47.6 cm³/mol. The van der Waals surface area contributed by atoms with Gasteiger partial charge in [-0.25, -0.2) is 0 Å². The third kappa shape index (κ3) is 2.21. The van der Waals surface area contributed by atoms with Crippen LogP contribution in [0.5, 0.6) is 0 Å². The first kappa shape index (κ1) is 7.92. The van der Waals surface area contributed by atoms with E-state index >= 15 is 0 Å². The summed E-state index contributed by atoms with van der Waals surface area (Å²) in [6, 6.07) is 0.480. The van der Waals surface area contributed by atoms with Crippen LogP contribution in [0.25, 0.3) is 0 Å². The van der Waals surface area contributed by atoms with Crippen molar-refractivity contribution in [1.29, 1.82) is 0 Å². The fraction of sp³-hybridized carbons (Fsp3) is 0.857. The van der Waals surface area contributed by atoms with Crippen molar-refractivity contribution in [3.05, 3.63) is 0 Å². The lowest BCUT2D eigenvalue weighted by molar-refractivity contribution is 0.715. The fourth-order valence-electron chi connectivity index (χ4n) is 0.731. The predicted octanol–water partition coefficient (Wildman–Crippen LogP) is 1.48. The lowest BCUT2D eigenvalue weighted by atomic mass is 10.3. The summed E-state index contributed by atoms with van der Waals surface area (Å²) in [6.45, 7) is 5.39. The highest BCUT2D eigenvalue weighted by Crippen LogP contribution is 2.09. The zero-order valence-electron chi connectivity index (χ0n) is 6.55. The van der Waals surface area contributed by atoms with Crippen LogP contribution in [-0.2, 0) is 0 Å². The summed E-state index contributed by atoms with van der Waals surface area (Å²) in [7, 11) is 0. The van der Waals surface area contributed by atoms with Crippen LogP contribution in [0.3, 0.4) is 0 Å². The van der Waals surface area contributed by atoms with Crippen molar-refractivity contribution in [3.63, 3.8) is 0 Å². The average Bonchev–Trinajstić information content (AvgIpc) is 2.40. The number of hydrogen-bond acceptors (Lipinski definition) is 2. The summed E-state index contributed by atoms with van der Waals surface area (Å²) in [5.41, 5.74) is 0. The molecule has 0 amide bonds. The molecule has 1 aliphatic rings. The van der Waals surface area contributed by atoms with Gasteiger partial charge in [-0.3, -0.25) is 4.99 Å². The van der Waals surface area contributed by atoms with Gasteiger partial charge in [0.15, 0.2) is 5.17 Å². The second kappa shape index (κ2) is 3.86. The number of nitrogens with one attached hydrogen (secondary N) is 1. The molecular weight excluding hydrogens is 144 g/mol. The van der Waals surface area contributed by atoms with Gasteiger partial charge >= 0.3 is 0 Å². The number of nitrogens with zero attached hydrogens (tertiary/aromatic N) is 1. The normalized spacial score (nSPS) is 24.8. The molecule has 1 heterocycles. The molecule has 0 saturated carbocycles. The van der Waals surface area contributed by atoms with Crippen molar-refractivity contribution in [1.82, 2.24) is 5.32 Å². The second-order valence-corrected chi connectivity index (χ2v) is 3.55. The molecule has 0 aliphatic carbocycles. The van der Waals surface area contributed by atoms with E-state index in [9.17, 15) is 0 Å². The molecule has 58 valence electrons. The summed E-state index contributed by atoms with van der Waals surface area (Å²) >= 11 is 1.82. The molecule has 0 spiro atoms. The first-order valence-corrected chi connectivity index (χ1v) is 4.76. The Kier molecular flexibility index (Phi) is 3.06. The standard InChI is InChI=1S/C7H14N2S/c1-3-6(2)9-7-8-4-5-10-7/h6H,3-5H2,1-2H3,(H,8,9)/t6-/m0/s1.